The lowest BCUT2D eigenvalue weighted by Crippen LogP contribution is -2.30. The van der Waals surface area contributed by atoms with Gasteiger partial charge in [-0.25, -0.2) is 14.6 Å². The zero-order valence-corrected chi connectivity index (χ0v) is 11.5. The van der Waals surface area contributed by atoms with Gasteiger partial charge in [0.05, 0.1) is 0 Å². The zero-order chi connectivity index (χ0) is 13.2. The van der Waals surface area contributed by atoms with E-state index in [1.807, 2.05) is 6.92 Å². The van der Waals surface area contributed by atoms with Gasteiger partial charge in [-0.2, -0.15) is 0 Å². The summed E-state index contributed by atoms with van der Waals surface area (Å²) in [7, 11) is 0. The molecule has 0 unspecified atom stereocenters. The van der Waals surface area contributed by atoms with Crippen molar-refractivity contribution in [2.45, 2.75) is 52.1 Å². The second-order valence-electron chi connectivity index (χ2n) is 5.31. The van der Waals surface area contributed by atoms with Crippen molar-refractivity contribution in [1.29, 1.82) is 0 Å². The normalized spacial score (nSPS) is 23.7. The summed E-state index contributed by atoms with van der Waals surface area (Å²) < 4.78 is 1.80. The molecule has 0 radical (unpaired) electrons. The average molecular weight is 260 g/mol. The topological polar surface area (TPSA) is 68.5 Å². The molecule has 19 heavy (non-hydrogen) atoms. The summed E-state index contributed by atoms with van der Waals surface area (Å²) in [6.45, 7) is 5.11. The standard InChI is InChI=1S/C13H20N6/c1-3-19-13-11(17-18-19)12(14-8-15-13)16-10-7-5-4-6-9(10)2/h8-10H,3-7H2,1-2H3,(H,14,15,16)/t9-,10+/m0/s1. The van der Waals surface area contributed by atoms with Crippen molar-refractivity contribution in [3.63, 3.8) is 0 Å². The Balaban J connectivity index is 1.90. The second-order valence-corrected chi connectivity index (χ2v) is 5.31. The maximum Gasteiger partial charge on any atom is 0.183 e. The Kier molecular flexibility index (Phi) is 3.31. The molecule has 2 aromatic rings. The van der Waals surface area contributed by atoms with Crippen LogP contribution in [0.5, 0.6) is 0 Å². The Morgan fingerprint density at radius 3 is 2.95 bits per heavy atom. The molecule has 1 fully saturated rings. The third-order valence-electron chi connectivity index (χ3n) is 4.03. The van der Waals surface area contributed by atoms with E-state index >= 15 is 0 Å². The first kappa shape index (κ1) is 12.3. The van der Waals surface area contributed by atoms with Crippen LogP contribution in [0.4, 0.5) is 5.82 Å². The van der Waals surface area contributed by atoms with Gasteiger partial charge in [0.15, 0.2) is 17.0 Å². The van der Waals surface area contributed by atoms with Gasteiger partial charge in [0.1, 0.15) is 6.33 Å². The summed E-state index contributed by atoms with van der Waals surface area (Å²) in [5.41, 5.74) is 1.59. The molecule has 2 atom stereocenters. The van der Waals surface area contributed by atoms with Gasteiger partial charge in [-0.15, -0.1) is 5.10 Å². The highest BCUT2D eigenvalue weighted by Crippen LogP contribution is 2.27. The number of nitrogens with zero attached hydrogens (tertiary/aromatic N) is 5. The highest BCUT2D eigenvalue weighted by Gasteiger charge is 2.22. The highest BCUT2D eigenvalue weighted by molar-refractivity contribution is 5.81. The summed E-state index contributed by atoms with van der Waals surface area (Å²) in [5, 5.41) is 11.9. The number of hydrogen-bond acceptors (Lipinski definition) is 5. The number of aromatic nitrogens is 5. The molecular weight excluding hydrogens is 240 g/mol. The summed E-state index contributed by atoms with van der Waals surface area (Å²) >= 11 is 0. The van der Waals surface area contributed by atoms with Crippen LogP contribution < -0.4 is 5.32 Å². The first-order chi connectivity index (χ1) is 9.29. The molecule has 1 N–H and O–H groups in total. The number of anilines is 1. The highest BCUT2D eigenvalue weighted by atomic mass is 15.4. The van der Waals surface area contributed by atoms with Crippen LogP contribution in [0.25, 0.3) is 11.2 Å². The summed E-state index contributed by atoms with van der Waals surface area (Å²) in [5.74, 6) is 1.50. The van der Waals surface area contributed by atoms with Crippen LogP contribution in [0.3, 0.4) is 0 Å². The molecule has 1 aliphatic rings. The first-order valence-corrected chi connectivity index (χ1v) is 7.10. The van der Waals surface area contributed by atoms with Crippen LogP contribution in [-0.4, -0.2) is 31.0 Å². The molecule has 0 bridgehead atoms. The SMILES string of the molecule is CCn1nnc2c(N[C@@H]3CCCC[C@@H]3C)ncnc21. The van der Waals surface area contributed by atoms with Crippen molar-refractivity contribution in [3.8, 4) is 0 Å². The van der Waals surface area contributed by atoms with E-state index in [-0.39, 0.29) is 0 Å². The summed E-state index contributed by atoms with van der Waals surface area (Å²) in [6.07, 6.45) is 6.71. The van der Waals surface area contributed by atoms with Crippen molar-refractivity contribution >= 4 is 17.0 Å². The monoisotopic (exact) mass is 260 g/mol. The Bertz CT molecular complexity index is 563. The number of rotatable bonds is 3. The largest absolute Gasteiger partial charge is 0.365 e. The molecule has 102 valence electrons. The van der Waals surface area contributed by atoms with Crippen molar-refractivity contribution in [2.75, 3.05) is 5.32 Å². The van der Waals surface area contributed by atoms with E-state index in [1.54, 1.807) is 11.0 Å². The van der Waals surface area contributed by atoms with Crippen LogP contribution >= 0.6 is 0 Å². The van der Waals surface area contributed by atoms with Crippen LogP contribution in [-0.2, 0) is 6.54 Å². The molecule has 1 aliphatic carbocycles. The summed E-state index contributed by atoms with van der Waals surface area (Å²) in [6, 6.07) is 0.485. The zero-order valence-electron chi connectivity index (χ0n) is 11.5. The van der Waals surface area contributed by atoms with E-state index in [0.717, 1.165) is 23.5 Å². The van der Waals surface area contributed by atoms with Gasteiger partial charge >= 0.3 is 0 Å². The number of fused-ring (bicyclic) bond motifs is 1. The van der Waals surface area contributed by atoms with Gasteiger partial charge in [0.25, 0.3) is 0 Å². The van der Waals surface area contributed by atoms with Gasteiger partial charge in [-0.1, -0.05) is 25.0 Å². The van der Waals surface area contributed by atoms with Gasteiger partial charge in [-0.3, -0.25) is 0 Å². The van der Waals surface area contributed by atoms with E-state index in [2.05, 4.69) is 32.5 Å². The van der Waals surface area contributed by atoms with Crippen molar-refractivity contribution in [1.82, 2.24) is 25.0 Å². The Morgan fingerprint density at radius 1 is 1.32 bits per heavy atom. The van der Waals surface area contributed by atoms with Crippen LogP contribution in [0.15, 0.2) is 6.33 Å². The fourth-order valence-corrected chi connectivity index (χ4v) is 2.82. The molecule has 0 saturated heterocycles. The van der Waals surface area contributed by atoms with Gasteiger partial charge < -0.3 is 5.32 Å². The van der Waals surface area contributed by atoms with E-state index < -0.39 is 0 Å². The maximum absolute atomic E-state index is 4.35. The van der Waals surface area contributed by atoms with Crippen molar-refractivity contribution < 1.29 is 0 Å². The minimum atomic E-state index is 0.485. The molecule has 3 rings (SSSR count). The van der Waals surface area contributed by atoms with Gasteiger partial charge in [0.2, 0.25) is 0 Å². The molecule has 1 saturated carbocycles. The summed E-state index contributed by atoms with van der Waals surface area (Å²) in [4.78, 5) is 8.62. The molecule has 6 nitrogen and oxygen atoms in total. The fraction of sp³-hybridized carbons (Fsp3) is 0.692. The van der Waals surface area contributed by atoms with E-state index in [4.69, 9.17) is 0 Å². The number of nitrogens with one attached hydrogen (secondary N) is 1. The maximum atomic E-state index is 4.35. The molecular formula is C13H20N6. The first-order valence-electron chi connectivity index (χ1n) is 7.10. The lowest BCUT2D eigenvalue weighted by molar-refractivity contribution is 0.349. The van der Waals surface area contributed by atoms with Crippen molar-refractivity contribution in [2.24, 2.45) is 5.92 Å². The van der Waals surface area contributed by atoms with Crippen LogP contribution in [0.2, 0.25) is 0 Å². The second kappa shape index (κ2) is 5.11. The lowest BCUT2D eigenvalue weighted by atomic mass is 9.86. The molecule has 2 aromatic heterocycles. The predicted molar refractivity (Wildman–Crippen MR) is 73.8 cm³/mol. The average Bonchev–Trinajstić information content (AvgIpc) is 2.85. The van der Waals surface area contributed by atoms with Crippen LogP contribution in [0, 0.1) is 5.92 Å². The fourth-order valence-electron chi connectivity index (χ4n) is 2.82. The number of aryl methyl sites for hydroxylation is 1. The minimum Gasteiger partial charge on any atom is -0.365 e. The van der Waals surface area contributed by atoms with E-state index in [9.17, 15) is 0 Å². The molecule has 6 heteroatoms. The van der Waals surface area contributed by atoms with Crippen molar-refractivity contribution in [3.05, 3.63) is 6.33 Å². The van der Waals surface area contributed by atoms with Gasteiger partial charge in [0, 0.05) is 12.6 Å². The molecule has 0 aromatic carbocycles. The Labute approximate surface area is 112 Å². The molecule has 0 amide bonds. The third kappa shape index (κ3) is 2.27. The van der Waals surface area contributed by atoms with E-state index in [1.165, 1.54) is 25.7 Å². The van der Waals surface area contributed by atoms with Crippen LogP contribution in [0.1, 0.15) is 39.5 Å². The smallest absolute Gasteiger partial charge is 0.183 e. The minimum absolute atomic E-state index is 0.485. The Morgan fingerprint density at radius 2 is 2.16 bits per heavy atom. The lowest BCUT2D eigenvalue weighted by Gasteiger charge is -2.29. The molecule has 2 heterocycles. The Hall–Kier alpha value is -1.72. The molecule has 0 aliphatic heterocycles. The predicted octanol–water partition coefficient (Wildman–Crippen LogP) is 2.23. The quantitative estimate of drug-likeness (QED) is 0.916. The number of hydrogen-bond donors (Lipinski definition) is 1. The molecule has 0 spiro atoms. The van der Waals surface area contributed by atoms with Gasteiger partial charge in [-0.05, 0) is 25.7 Å². The third-order valence-corrected chi connectivity index (χ3v) is 4.03. The van der Waals surface area contributed by atoms with E-state index in [0.29, 0.717) is 12.0 Å².